The van der Waals surface area contributed by atoms with E-state index >= 15 is 0 Å². The van der Waals surface area contributed by atoms with Crippen molar-refractivity contribution < 1.29 is 9.90 Å². The third-order valence-electron chi connectivity index (χ3n) is 5.62. The Kier molecular flexibility index (Phi) is 5.90. The highest BCUT2D eigenvalue weighted by atomic mass is 16.3. The van der Waals surface area contributed by atoms with Crippen LogP contribution >= 0.6 is 0 Å². The van der Waals surface area contributed by atoms with Crippen LogP contribution in [0.4, 0.5) is 0 Å². The minimum absolute atomic E-state index is 0.0424. The lowest BCUT2D eigenvalue weighted by Gasteiger charge is -2.43. The molecule has 0 aromatic heterocycles. The van der Waals surface area contributed by atoms with Crippen molar-refractivity contribution in [2.75, 3.05) is 19.7 Å². The van der Waals surface area contributed by atoms with Crippen molar-refractivity contribution in [3.05, 3.63) is 35.4 Å². The lowest BCUT2D eigenvalue weighted by atomic mass is 9.77. The van der Waals surface area contributed by atoms with Crippen molar-refractivity contribution in [1.82, 2.24) is 10.2 Å². The summed E-state index contributed by atoms with van der Waals surface area (Å²) in [6.45, 7) is 3.08. The van der Waals surface area contributed by atoms with Crippen molar-refractivity contribution >= 4 is 5.91 Å². The molecule has 0 bridgehead atoms. The van der Waals surface area contributed by atoms with E-state index in [1.54, 1.807) is 0 Å². The summed E-state index contributed by atoms with van der Waals surface area (Å²) in [7, 11) is 0. The molecule has 0 radical (unpaired) electrons. The minimum Gasteiger partial charge on any atom is -0.395 e. The molecule has 0 saturated heterocycles. The van der Waals surface area contributed by atoms with E-state index in [0.717, 1.165) is 13.0 Å². The van der Waals surface area contributed by atoms with Gasteiger partial charge in [0.25, 0.3) is 0 Å². The van der Waals surface area contributed by atoms with Crippen LogP contribution in [0.3, 0.4) is 0 Å². The van der Waals surface area contributed by atoms with Crippen molar-refractivity contribution in [3.63, 3.8) is 0 Å². The van der Waals surface area contributed by atoms with Crippen LogP contribution in [-0.4, -0.2) is 41.7 Å². The Morgan fingerprint density at radius 1 is 1.29 bits per heavy atom. The molecular formula is C20H30N2O2. The molecule has 3 rings (SSSR count). The molecule has 132 valence electrons. The number of carbonyl (C=O) groups is 1. The normalized spacial score (nSPS) is 22.9. The minimum atomic E-state index is -0.0424. The van der Waals surface area contributed by atoms with Gasteiger partial charge in [0.1, 0.15) is 0 Å². The lowest BCUT2D eigenvalue weighted by molar-refractivity contribution is -0.135. The van der Waals surface area contributed by atoms with Crippen molar-refractivity contribution in [2.45, 2.75) is 57.5 Å². The fourth-order valence-electron chi connectivity index (χ4n) is 4.26. The Hall–Kier alpha value is -1.39. The number of aliphatic hydroxyl groups is 1. The molecule has 0 spiro atoms. The first-order chi connectivity index (χ1) is 11.7. The number of nitrogens with zero attached hydrogens (tertiary/aromatic N) is 1. The summed E-state index contributed by atoms with van der Waals surface area (Å²) in [5.74, 6) is 0.750. The zero-order valence-corrected chi connectivity index (χ0v) is 14.7. The molecule has 24 heavy (non-hydrogen) atoms. The summed E-state index contributed by atoms with van der Waals surface area (Å²) in [6.07, 6.45) is 7.29. The van der Waals surface area contributed by atoms with Gasteiger partial charge in [-0.15, -0.1) is 0 Å². The van der Waals surface area contributed by atoms with E-state index in [9.17, 15) is 4.79 Å². The number of hydrogen-bond donors (Lipinski definition) is 2. The first kappa shape index (κ1) is 17.4. The van der Waals surface area contributed by atoms with Crippen LogP contribution in [0.1, 0.15) is 56.2 Å². The summed E-state index contributed by atoms with van der Waals surface area (Å²) in [6, 6.07) is 8.85. The standard InChI is InChI=1S/C20H30N2O2/c1-15(14-23)21-13-19(24)22-12-11-16-7-5-6-10-18(16)20(22)17-8-3-2-4-9-17/h5-7,10,15,17,20-21,23H,2-4,8-9,11-14H2,1H3/t15-,20?/m0/s1. The summed E-state index contributed by atoms with van der Waals surface area (Å²) in [4.78, 5) is 15.0. The van der Waals surface area contributed by atoms with Crippen molar-refractivity contribution in [1.29, 1.82) is 0 Å². The first-order valence-electron chi connectivity index (χ1n) is 9.42. The topological polar surface area (TPSA) is 52.6 Å². The molecule has 1 saturated carbocycles. The van der Waals surface area contributed by atoms with Crippen molar-refractivity contribution in [2.24, 2.45) is 5.92 Å². The van der Waals surface area contributed by atoms with Crippen LogP contribution in [0, 0.1) is 5.92 Å². The fourth-order valence-corrected chi connectivity index (χ4v) is 4.26. The van der Waals surface area contributed by atoms with Gasteiger partial charge >= 0.3 is 0 Å². The van der Waals surface area contributed by atoms with Gasteiger partial charge in [-0.2, -0.15) is 0 Å². The van der Waals surface area contributed by atoms with E-state index in [2.05, 4.69) is 34.5 Å². The number of amides is 1. The zero-order valence-electron chi connectivity index (χ0n) is 14.7. The lowest BCUT2D eigenvalue weighted by Crippen LogP contribution is -2.48. The molecule has 1 unspecified atom stereocenters. The Morgan fingerprint density at radius 3 is 2.79 bits per heavy atom. The Bertz CT molecular complexity index is 554. The van der Waals surface area contributed by atoms with Gasteiger partial charge in [-0.05, 0) is 43.2 Å². The highest BCUT2D eigenvalue weighted by Gasteiger charge is 2.36. The maximum absolute atomic E-state index is 12.9. The van der Waals surface area contributed by atoms with Crippen LogP contribution in [0.15, 0.2) is 24.3 Å². The Balaban J connectivity index is 1.80. The van der Waals surface area contributed by atoms with E-state index in [1.165, 1.54) is 43.2 Å². The fraction of sp³-hybridized carbons (Fsp3) is 0.650. The third-order valence-corrected chi connectivity index (χ3v) is 5.62. The summed E-state index contributed by atoms with van der Waals surface area (Å²) >= 11 is 0. The molecule has 1 aliphatic heterocycles. The maximum atomic E-state index is 12.9. The van der Waals surface area contributed by atoms with E-state index < -0.39 is 0 Å². The van der Waals surface area contributed by atoms with Crippen LogP contribution in [0.2, 0.25) is 0 Å². The van der Waals surface area contributed by atoms with Gasteiger partial charge in [-0.3, -0.25) is 4.79 Å². The highest BCUT2D eigenvalue weighted by molar-refractivity contribution is 5.79. The van der Waals surface area contributed by atoms with E-state index in [-0.39, 0.29) is 24.6 Å². The maximum Gasteiger partial charge on any atom is 0.237 e. The van der Waals surface area contributed by atoms with Crippen LogP contribution in [0.25, 0.3) is 0 Å². The third kappa shape index (κ3) is 3.81. The smallest absolute Gasteiger partial charge is 0.237 e. The predicted octanol–water partition coefficient (Wildman–Crippen LogP) is 2.66. The number of benzene rings is 1. The molecule has 4 nitrogen and oxygen atoms in total. The van der Waals surface area contributed by atoms with E-state index in [4.69, 9.17) is 5.11 Å². The van der Waals surface area contributed by atoms with Gasteiger partial charge in [0.2, 0.25) is 5.91 Å². The number of nitrogens with one attached hydrogen (secondary N) is 1. The number of aliphatic hydroxyl groups excluding tert-OH is 1. The second-order valence-corrected chi connectivity index (χ2v) is 7.34. The molecule has 1 aromatic rings. The van der Waals surface area contributed by atoms with Crippen molar-refractivity contribution in [3.8, 4) is 0 Å². The van der Waals surface area contributed by atoms with Gasteiger partial charge in [-0.1, -0.05) is 43.5 Å². The predicted molar refractivity (Wildman–Crippen MR) is 95.7 cm³/mol. The molecule has 1 aliphatic carbocycles. The summed E-state index contributed by atoms with van der Waals surface area (Å²) in [5.41, 5.74) is 2.77. The molecule has 2 N–H and O–H groups in total. The molecular weight excluding hydrogens is 300 g/mol. The largest absolute Gasteiger partial charge is 0.395 e. The molecule has 1 fully saturated rings. The Labute approximate surface area is 145 Å². The monoisotopic (exact) mass is 330 g/mol. The van der Waals surface area contributed by atoms with Gasteiger partial charge < -0.3 is 15.3 Å². The van der Waals surface area contributed by atoms with Gasteiger partial charge in [-0.25, -0.2) is 0 Å². The zero-order chi connectivity index (χ0) is 16.9. The molecule has 1 amide bonds. The Morgan fingerprint density at radius 2 is 2.04 bits per heavy atom. The molecule has 1 heterocycles. The van der Waals surface area contributed by atoms with Gasteiger partial charge in [0.05, 0.1) is 19.2 Å². The average molecular weight is 330 g/mol. The molecule has 4 heteroatoms. The molecule has 2 atom stereocenters. The quantitative estimate of drug-likeness (QED) is 0.873. The molecule has 2 aliphatic rings. The van der Waals surface area contributed by atoms with Crippen LogP contribution in [-0.2, 0) is 11.2 Å². The average Bonchev–Trinajstić information content (AvgIpc) is 2.65. The number of hydrogen-bond acceptors (Lipinski definition) is 3. The van der Waals surface area contributed by atoms with Gasteiger partial charge in [0.15, 0.2) is 0 Å². The SMILES string of the molecule is C[C@@H](CO)NCC(=O)N1CCc2ccccc2C1C1CCCCC1. The van der Waals surface area contributed by atoms with Gasteiger partial charge in [0, 0.05) is 12.6 Å². The highest BCUT2D eigenvalue weighted by Crippen LogP contribution is 2.41. The number of fused-ring (bicyclic) bond motifs is 1. The second kappa shape index (κ2) is 8.13. The van der Waals surface area contributed by atoms with E-state index in [1.807, 2.05) is 6.92 Å². The second-order valence-electron chi connectivity index (χ2n) is 7.34. The number of carbonyl (C=O) groups excluding carboxylic acids is 1. The number of rotatable bonds is 5. The summed E-state index contributed by atoms with van der Waals surface area (Å²) in [5, 5.41) is 12.3. The molecule has 1 aromatic carbocycles. The van der Waals surface area contributed by atoms with E-state index in [0.29, 0.717) is 12.5 Å². The first-order valence-corrected chi connectivity index (χ1v) is 9.42. The van der Waals surface area contributed by atoms with Crippen LogP contribution in [0.5, 0.6) is 0 Å². The summed E-state index contributed by atoms with van der Waals surface area (Å²) < 4.78 is 0. The van der Waals surface area contributed by atoms with Crippen LogP contribution < -0.4 is 5.32 Å².